The smallest absolute Gasteiger partial charge is 0.266 e. The third-order valence-corrected chi connectivity index (χ3v) is 6.70. The number of nitrogens with one attached hydrogen (secondary N) is 1. The molecule has 158 valence electrons. The molecule has 1 fully saturated rings. The average Bonchev–Trinajstić information content (AvgIpc) is 3.60. The molecule has 0 bridgehead atoms. The van der Waals surface area contributed by atoms with E-state index in [0.717, 1.165) is 29.7 Å². The van der Waals surface area contributed by atoms with Gasteiger partial charge in [0.2, 0.25) is 5.91 Å². The van der Waals surface area contributed by atoms with E-state index in [1.165, 1.54) is 11.8 Å². The minimum atomic E-state index is -0.846. The van der Waals surface area contributed by atoms with Crippen LogP contribution in [0.15, 0.2) is 52.4 Å². The van der Waals surface area contributed by atoms with Gasteiger partial charge in [0.25, 0.3) is 5.56 Å². The van der Waals surface area contributed by atoms with E-state index in [4.69, 9.17) is 4.98 Å². The molecule has 1 unspecified atom stereocenters. The molecule has 2 aromatic carbocycles. The lowest BCUT2D eigenvalue weighted by Gasteiger charge is -2.23. The van der Waals surface area contributed by atoms with Crippen LogP contribution in [0.3, 0.4) is 0 Å². The quantitative estimate of drug-likeness (QED) is 0.471. The van der Waals surface area contributed by atoms with Crippen LogP contribution in [0.2, 0.25) is 0 Å². The number of para-hydroxylation sites is 2. The van der Waals surface area contributed by atoms with E-state index in [0.29, 0.717) is 16.1 Å². The van der Waals surface area contributed by atoms with Crippen LogP contribution in [0.5, 0.6) is 0 Å². The van der Waals surface area contributed by atoms with Crippen molar-refractivity contribution in [1.82, 2.24) is 14.9 Å². The van der Waals surface area contributed by atoms with Crippen molar-refractivity contribution >= 4 is 28.6 Å². The number of hydrogen-bond donors (Lipinski definition) is 1. The largest absolute Gasteiger partial charge is 0.337 e. The highest BCUT2D eigenvalue weighted by Crippen LogP contribution is 2.39. The highest BCUT2D eigenvalue weighted by atomic mass is 32.2. The van der Waals surface area contributed by atoms with E-state index in [2.05, 4.69) is 11.4 Å². The van der Waals surface area contributed by atoms with Crippen molar-refractivity contribution in [3.8, 4) is 11.8 Å². The first-order chi connectivity index (χ1) is 14.8. The summed E-state index contributed by atoms with van der Waals surface area (Å²) in [6.45, 7) is 5.69. The number of thioether (sulfide) groups is 1. The Bertz CT molecular complexity index is 1250. The second kappa shape index (κ2) is 8.20. The van der Waals surface area contributed by atoms with E-state index >= 15 is 0 Å². The fourth-order valence-electron chi connectivity index (χ4n) is 3.90. The van der Waals surface area contributed by atoms with Crippen molar-refractivity contribution in [3.63, 3.8) is 0 Å². The number of fused-ring (bicyclic) bond motifs is 1. The number of aromatic nitrogens is 2. The highest BCUT2D eigenvalue weighted by Gasteiger charge is 2.43. The van der Waals surface area contributed by atoms with Gasteiger partial charge >= 0.3 is 0 Å². The Morgan fingerprint density at radius 1 is 1.23 bits per heavy atom. The summed E-state index contributed by atoms with van der Waals surface area (Å²) in [5.74, 6) is 0.0362. The number of carbonyl (C=O) groups is 1. The van der Waals surface area contributed by atoms with Gasteiger partial charge in [-0.15, -0.1) is 0 Å². The maximum Gasteiger partial charge on any atom is 0.266 e. The minimum absolute atomic E-state index is 0.0691. The zero-order chi connectivity index (χ0) is 22.2. The predicted octanol–water partition coefficient (Wildman–Crippen LogP) is 3.90. The van der Waals surface area contributed by atoms with Gasteiger partial charge in [-0.25, -0.2) is 4.98 Å². The molecule has 1 saturated carbocycles. The van der Waals surface area contributed by atoms with Crippen LogP contribution in [0.4, 0.5) is 0 Å². The molecule has 4 rings (SSSR count). The topological polar surface area (TPSA) is 87.8 Å². The number of aryl methyl sites for hydroxylation is 2. The molecule has 0 aliphatic heterocycles. The summed E-state index contributed by atoms with van der Waals surface area (Å²) in [4.78, 5) is 30.8. The predicted molar refractivity (Wildman–Crippen MR) is 122 cm³/mol. The molecule has 1 aliphatic rings. The number of carbonyl (C=O) groups excluding carboxylic acids is 1. The molecule has 1 N–H and O–H groups in total. The maximum atomic E-state index is 13.4. The molecule has 1 amide bonds. The van der Waals surface area contributed by atoms with Gasteiger partial charge < -0.3 is 5.32 Å². The maximum absolute atomic E-state index is 13.4. The lowest BCUT2D eigenvalue weighted by Crippen LogP contribution is -2.47. The van der Waals surface area contributed by atoms with Crippen LogP contribution >= 0.6 is 11.8 Å². The van der Waals surface area contributed by atoms with Gasteiger partial charge in [0.15, 0.2) is 5.16 Å². The van der Waals surface area contributed by atoms with Crippen molar-refractivity contribution < 1.29 is 4.79 Å². The Hall–Kier alpha value is -3.11. The number of nitriles is 1. The molecular weight excluding hydrogens is 408 g/mol. The summed E-state index contributed by atoms with van der Waals surface area (Å²) in [5, 5.41) is 13.4. The van der Waals surface area contributed by atoms with Crippen LogP contribution in [-0.4, -0.2) is 26.8 Å². The molecule has 0 radical (unpaired) electrons. The Labute approximate surface area is 185 Å². The molecule has 1 atom stereocenters. The summed E-state index contributed by atoms with van der Waals surface area (Å²) in [5.41, 5.74) is 2.28. The van der Waals surface area contributed by atoms with Gasteiger partial charge in [-0.3, -0.25) is 14.2 Å². The van der Waals surface area contributed by atoms with E-state index in [9.17, 15) is 14.9 Å². The van der Waals surface area contributed by atoms with Gasteiger partial charge in [-0.2, -0.15) is 5.26 Å². The lowest BCUT2D eigenvalue weighted by molar-refractivity contribution is -0.119. The first-order valence-corrected chi connectivity index (χ1v) is 11.3. The molecule has 7 heteroatoms. The monoisotopic (exact) mass is 432 g/mol. The number of amides is 1. The van der Waals surface area contributed by atoms with E-state index in [1.807, 2.05) is 44.2 Å². The molecule has 31 heavy (non-hydrogen) atoms. The third-order valence-electron chi connectivity index (χ3n) is 5.77. The molecular formula is C24H24N4O2S. The Morgan fingerprint density at radius 3 is 2.55 bits per heavy atom. The highest BCUT2D eigenvalue weighted by molar-refractivity contribution is 7.99. The molecule has 6 nitrogen and oxygen atoms in total. The summed E-state index contributed by atoms with van der Waals surface area (Å²) in [7, 11) is 0. The average molecular weight is 433 g/mol. The van der Waals surface area contributed by atoms with Gasteiger partial charge in [0, 0.05) is 0 Å². The fourth-order valence-corrected chi connectivity index (χ4v) is 4.70. The summed E-state index contributed by atoms with van der Waals surface area (Å²) in [6, 6.07) is 15.3. The van der Waals surface area contributed by atoms with E-state index in [1.54, 1.807) is 23.6 Å². The van der Waals surface area contributed by atoms with Crippen LogP contribution < -0.4 is 10.9 Å². The van der Waals surface area contributed by atoms with Crippen LogP contribution in [-0.2, 0) is 4.79 Å². The molecule has 0 spiro atoms. The van der Waals surface area contributed by atoms with Gasteiger partial charge in [0.1, 0.15) is 5.54 Å². The second-order valence-corrected chi connectivity index (χ2v) is 9.16. The molecule has 1 aromatic heterocycles. The zero-order valence-electron chi connectivity index (χ0n) is 17.8. The zero-order valence-corrected chi connectivity index (χ0v) is 18.6. The van der Waals surface area contributed by atoms with E-state index in [-0.39, 0.29) is 23.1 Å². The molecule has 1 aliphatic carbocycles. The van der Waals surface area contributed by atoms with Crippen molar-refractivity contribution in [2.75, 3.05) is 5.75 Å². The van der Waals surface area contributed by atoms with Crippen LogP contribution in [0.25, 0.3) is 16.6 Å². The summed E-state index contributed by atoms with van der Waals surface area (Å²) >= 11 is 1.21. The third kappa shape index (κ3) is 4.08. The van der Waals surface area contributed by atoms with Crippen LogP contribution in [0, 0.1) is 31.1 Å². The van der Waals surface area contributed by atoms with E-state index < -0.39 is 5.54 Å². The Balaban J connectivity index is 1.72. The second-order valence-electron chi connectivity index (χ2n) is 8.22. The van der Waals surface area contributed by atoms with Gasteiger partial charge in [-0.1, -0.05) is 42.1 Å². The standard InChI is InChI=1S/C24H24N4O2S/c1-15-7-6-8-16(2)21(15)28-22(30)18-9-4-5-10-19(18)26-23(28)31-13-20(29)27-24(3,14-25)17-11-12-17/h4-10,17H,11-13H2,1-3H3,(H,27,29). The fraction of sp³-hybridized carbons (Fsp3) is 0.333. The van der Waals surface area contributed by atoms with Crippen molar-refractivity contribution in [3.05, 3.63) is 63.9 Å². The summed E-state index contributed by atoms with van der Waals surface area (Å²) in [6.07, 6.45) is 1.91. The van der Waals surface area contributed by atoms with Gasteiger partial charge in [-0.05, 0) is 62.8 Å². The van der Waals surface area contributed by atoms with Crippen molar-refractivity contribution in [2.45, 2.75) is 44.3 Å². The minimum Gasteiger partial charge on any atom is -0.337 e. The Morgan fingerprint density at radius 2 is 1.90 bits per heavy atom. The van der Waals surface area contributed by atoms with Gasteiger partial charge in [0.05, 0.1) is 28.4 Å². The Kier molecular flexibility index (Phi) is 5.59. The first kappa shape index (κ1) is 21.1. The first-order valence-electron chi connectivity index (χ1n) is 10.3. The normalized spacial score (nSPS) is 15.3. The number of nitrogens with zero attached hydrogens (tertiary/aromatic N) is 3. The SMILES string of the molecule is Cc1cccc(C)c1-n1c(SCC(=O)NC(C)(C#N)C2CC2)nc2ccccc2c1=O. The number of benzene rings is 2. The van der Waals surface area contributed by atoms with Crippen molar-refractivity contribution in [2.24, 2.45) is 5.92 Å². The number of rotatable bonds is 6. The molecule has 1 heterocycles. The summed E-state index contributed by atoms with van der Waals surface area (Å²) < 4.78 is 1.61. The molecule has 3 aromatic rings. The number of hydrogen-bond acceptors (Lipinski definition) is 5. The van der Waals surface area contributed by atoms with Crippen molar-refractivity contribution in [1.29, 1.82) is 5.26 Å². The molecule has 0 saturated heterocycles. The lowest BCUT2D eigenvalue weighted by atomic mass is 9.98. The van der Waals surface area contributed by atoms with Crippen LogP contribution in [0.1, 0.15) is 30.9 Å².